The van der Waals surface area contributed by atoms with Crippen LogP contribution in [0.15, 0.2) is 60.8 Å². The second-order valence-corrected chi connectivity index (χ2v) is 4.62. The first-order valence-electron chi connectivity index (χ1n) is 6.40. The van der Waals surface area contributed by atoms with Gasteiger partial charge in [-0.15, -0.1) is 0 Å². The highest BCUT2D eigenvalue weighted by atomic mass is 35.5. The highest BCUT2D eigenvalue weighted by Gasteiger charge is 2.27. The lowest BCUT2D eigenvalue weighted by Gasteiger charge is -2.01. The molecule has 0 aliphatic heterocycles. The van der Waals surface area contributed by atoms with E-state index in [1.165, 1.54) is 12.1 Å². The summed E-state index contributed by atoms with van der Waals surface area (Å²) in [7, 11) is 0. The summed E-state index contributed by atoms with van der Waals surface area (Å²) in [5.74, 6) is 0. The number of nitro benzene ring substituents is 2. The number of hydrogen-bond donors (Lipinski definition) is 0. The first kappa shape index (κ1) is 16.3. The number of non-ortho nitro benzene ring substituents is 1. The van der Waals surface area contributed by atoms with Gasteiger partial charge in [-0.3, -0.25) is 20.2 Å². The third kappa shape index (κ3) is 2.95. The smallest absolute Gasteiger partial charge is 0.347 e. The molecule has 7 nitrogen and oxygen atoms in total. The van der Waals surface area contributed by atoms with Gasteiger partial charge < -0.3 is 12.4 Å². The molecule has 0 aliphatic rings. The number of nitro groups is 2. The van der Waals surface area contributed by atoms with Gasteiger partial charge >= 0.3 is 5.69 Å². The fraction of sp³-hybridized carbons (Fsp3) is 0. The van der Waals surface area contributed by atoms with Crippen LogP contribution < -0.4 is 17.0 Å². The molecule has 3 rings (SSSR count). The van der Waals surface area contributed by atoms with Crippen molar-refractivity contribution in [2.75, 3.05) is 0 Å². The van der Waals surface area contributed by atoms with Crippen molar-refractivity contribution in [3.8, 4) is 5.69 Å². The maximum Gasteiger partial charge on any atom is 0.347 e. The van der Waals surface area contributed by atoms with Gasteiger partial charge in [-0.2, -0.15) is 4.57 Å². The zero-order valence-electron chi connectivity index (χ0n) is 11.6. The van der Waals surface area contributed by atoms with Crippen LogP contribution in [0.5, 0.6) is 0 Å². The molecule has 0 atom stereocenters. The average molecular weight is 332 g/mol. The first-order chi connectivity index (χ1) is 10.6. The van der Waals surface area contributed by atoms with Gasteiger partial charge in [0.15, 0.2) is 6.20 Å². The second-order valence-electron chi connectivity index (χ2n) is 4.62. The summed E-state index contributed by atoms with van der Waals surface area (Å²) in [5.41, 5.74) is 0.446. The SMILES string of the molecule is O=[N+]([O-])c1ccc(-[n+]2cccc3ccccc32)c([N+](=O)[O-])c1.[Cl-]. The zero-order chi connectivity index (χ0) is 15.7. The Morgan fingerprint density at radius 1 is 0.870 bits per heavy atom. The quantitative estimate of drug-likeness (QED) is 0.382. The normalized spacial score (nSPS) is 10.1. The van der Waals surface area contributed by atoms with Crippen molar-refractivity contribution in [3.63, 3.8) is 0 Å². The van der Waals surface area contributed by atoms with E-state index in [2.05, 4.69) is 0 Å². The van der Waals surface area contributed by atoms with Gasteiger partial charge in [0.25, 0.3) is 11.4 Å². The van der Waals surface area contributed by atoms with E-state index < -0.39 is 9.85 Å². The predicted molar refractivity (Wildman–Crippen MR) is 78.8 cm³/mol. The van der Waals surface area contributed by atoms with Gasteiger partial charge in [0.2, 0.25) is 5.52 Å². The fourth-order valence-corrected chi connectivity index (χ4v) is 2.35. The summed E-state index contributed by atoms with van der Waals surface area (Å²) >= 11 is 0. The van der Waals surface area contributed by atoms with Crippen LogP contribution in [-0.2, 0) is 0 Å². The molecule has 116 valence electrons. The molecule has 0 spiro atoms. The summed E-state index contributed by atoms with van der Waals surface area (Å²) in [5, 5.41) is 23.0. The van der Waals surface area contributed by atoms with Gasteiger partial charge in [0.1, 0.15) is 6.07 Å². The summed E-state index contributed by atoms with van der Waals surface area (Å²) in [6.45, 7) is 0. The Morgan fingerprint density at radius 3 is 2.26 bits per heavy atom. The standard InChI is InChI=1S/C15H10N3O4.ClH/c19-17(20)12-7-8-14(15(10-12)18(21)22)16-9-3-5-11-4-1-2-6-13(11)16;/h1-10H;1H/q+1;/p-1. The Bertz CT molecular complexity index is 909. The minimum absolute atomic E-state index is 0. The number of benzene rings is 2. The van der Waals surface area contributed by atoms with Crippen LogP contribution in [-0.4, -0.2) is 9.85 Å². The van der Waals surface area contributed by atoms with Crippen molar-refractivity contribution in [3.05, 3.63) is 81.0 Å². The largest absolute Gasteiger partial charge is 1.00 e. The van der Waals surface area contributed by atoms with Crippen LogP contribution >= 0.6 is 0 Å². The lowest BCUT2D eigenvalue weighted by atomic mass is 10.2. The summed E-state index contributed by atoms with van der Waals surface area (Å²) in [4.78, 5) is 20.8. The lowest BCUT2D eigenvalue weighted by molar-refractivity contribution is -0.573. The number of aromatic nitrogens is 1. The Hall–Kier alpha value is -3.06. The summed E-state index contributed by atoms with van der Waals surface area (Å²) in [6, 6.07) is 14.7. The van der Waals surface area contributed by atoms with Crippen molar-refractivity contribution in [1.29, 1.82) is 0 Å². The van der Waals surface area contributed by atoms with Crippen molar-refractivity contribution in [1.82, 2.24) is 0 Å². The first-order valence-corrected chi connectivity index (χ1v) is 6.40. The summed E-state index contributed by atoms with van der Waals surface area (Å²) < 4.78 is 1.65. The molecule has 1 heterocycles. The molecule has 0 unspecified atom stereocenters. The molecule has 2 aromatic carbocycles. The van der Waals surface area contributed by atoms with E-state index in [1.807, 2.05) is 30.3 Å². The van der Waals surface area contributed by atoms with E-state index >= 15 is 0 Å². The molecule has 0 fully saturated rings. The monoisotopic (exact) mass is 331 g/mol. The van der Waals surface area contributed by atoms with E-state index in [1.54, 1.807) is 16.8 Å². The molecule has 0 aliphatic carbocycles. The van der Waals surface area contributed by atoms with Crippen molar-refractivity contribution in [2.45, 2.75) is 0 Å². The number of para-hydroxylation sites is 1. The van der Waals surface area contributed by atoms with E-state index in [9.17, 15) is 20.2 Å². The minimum Gasteiger partial charge on any atom is -1.00 e. The van der Waals surface area contributed by atoms with Gasteiger partial charge in [0, 0.05) is 29.7 Å². The number of hydrogen-bond acceptors (Lipinski definition) is 4. The molecule has 8 heteroatoms. The average Bonchev–Trinajstić information content (AvgIpc) is 2.53. The molecule has 3 aromatic rings. The summed E-state index contributed by atoms with van der Waals surface area (Å²) in [6.07, 6.45) is 1.69. The van der Waals surface area contributed by atoms with Crippen LogP contribution in [0, 0.1) is 20.2 Å². The van der Waals surface area contributed by atoms with Gasteiger partial charge in [-0.05, 0) is 12.1 Å². The second kappa shape index (κ2) is 6.37. The maximum atomic E-state index is 11.3. The number of nitrogens with zero attached hydrogens (tertiary/aromatic N) is 3. The molecular formula is C15H10ClN3O4. The Kier molecular flexibility index (Phi) is 4.52. The van der Waals surface area contributed by atoms with E-state index in [0.717, 1.165) is 17.0 Å². The number of halogens is 1. The number of fused-ring (bicyclic) bond motifs is 1. The third-order valence-electron chi connectivity index (χ3n) is 3.33. The third-order valence-corrected chi connectivity index (χ3v) is 3.33. The maximum absolute atomic E-state index is 11.3. The van der Waals surface area contributed by atoms with Crippen molar-refractivity contribution < 1.29 is 26.8 Å². The van der Waals surface area contributed by atoms with E-state index in [0.29, 0.717) is 0 Å². The van der Waals surface area contributed by atoms with E-state index in [-0.39, 0.29) is 29.5 Å². The highest BCUT2D eigenvalue weighted by molar-refractivity contribution is 5.76. The number of pyridine rings is 1. The molecule has 0 bridgehead atoms. The Labute approximate surface area is 136 Å². The van der Waals surface area contributed by atoms with Crippen molar-refractivity contribution in [2.24, 2.45) is 0 Å². The van der Waals surface area contributed by atoms with Gasteiger partial charge in [-0.25, -0.2) is 0 Å². The van der Waals surface area contributed by atoms with Crippen LogP contribution in [0.4, 0.5) is 11.4 Å². The van der Waals surface area contributed by atoms with Crippen LogP contribution in [0.3, 0.4) is 0 Å². The van der Waals surface area contributed by atoms with Gasteiger partial charge in [-0.1, -0.05) is 12.1 Å². The molecule has 0 radical (unpaired) electrons. The Balaban J connectivity index is 0.00000192. The molecule has 0 saturated carbocycles. The van der Waals surface area contributed by atoms with Gasteiger partial charge in [0.05, 0.1) is 9.85 Å². The molecular weight excluding hydrogens is 322 g/mol. The predicted octanol–water partition coefficient (Wildman–Crippen LogP) is -0.0631. The van der Waals surface area contributed by atoms with E-state index in [4.69, 9.17) is 0 Å². The van der Waals surface area contributed by atoms with Crippen LogP contribution in [0.25, 0.3) is 16.6 Å². The molecule has 0 amide bonds. The minimum atomic E-state index is -0.648. The molecule has 0 N–H and O–H groups in total. The number of rotatable bonds is 3. The van der Waals surface area contributed by atoms with Crippen LogP contribution in [0.2, 0.25) is 0 Å². The van der Waals surface area contributed by atoms with Crippen molar-refractivity contribution >= 4 is 22.3 Å². The van der Waals surface area contributed by atoms with Crippen LogP contribution in [0.1, 0.15) is 0 Å². The highest BCUT2D eigenvalue weighted by Crippen LogP contribution is 2.25. The lowest BCUT2D eigenvalue weighted by Crippen LogP contribution is -3.00. The Morgan fingerprint density at radius 2 is 1.57 bits per heavy atom. The molecule has 23 heavy (non-hydrogen) atoms. The fourth-order valence-electron chi connectivity index (χ4n) is 2.35. The topological polar surface area (TPSA) is 90.2 Å². The zero-order valence-corrected chi connectivity index (χ0v) is 12.4. The molecule has 1 aromatic heterocycles. The molecule has 0 saturated heterocycles.